The normalized spacial score (nSPS) is 34.0. The standard InChI is InChI=1S/C10H21NO7.C2H5NO2/c12-2-5(3-13)11-6-1-10(18,4-14)9(17)8(16)7(6)15;3-1-2(4)5/h5-9,11-18H,1-4H2;1,3H2,(H,4,5)/t6-,7-,8+,9-,10-;/m0./s1. The molecule has 11 heteroatoms. The van der Waals surface area contributed by atoms with Crippen LogP contribution in [0.3, 0.4) is 0 Å². The molecule has 0 heterocycles. The van der Waals surface area contributed by atoms with E-state index in [0.717, 1.165) is 0 Å². The number of aliphatic hydroxyl groups is 7. The summed E-state index contributed by atoms with van der Waals surface area (Å²) in [5.41, 5.74) is 2.63. The van der Waals surface area contributed by atoms with Gasteiger partial charge in [-0.25, -0.2) is 0 Å². The SMILES string of the molecule is NCC(=O)O.OCC(CO)N[C@H]1C[C@](O)(CO)[C@@H](O)[C@H](O)[C@H]1O. The van der Waals surface area contributed by atoms with Crippen LogP contribution >= 0.6 is 0 Å². The summed E-state index contributed by atoms with van der Waals surface area (Å²) in [5.74, 6) is -0.968. The first kappa shape index (κ1) is 22.1. The summed E-state index contributed by atoms with van der Waals surface area (Å²) < 4.78 is 0. The maximum Gasteiger partial charge on any atom is 0.317 e. The molecule has 1 saturated carbocycles. The molecule has 5 atom stereocenters. The van der Waals surface area contributed by atoms with Crippen LogP contribution in [0.1, 0.15) is 6.42 Å². The molecule has 0 amide bonds. The van der Waals surface area contributed by atoms with Crippen LogP contribution < -0.4 is 11.1 Å². The van der Waals surface area contributed by atoms with Gasteiger partial charge in [0.05, 0.1) is 38.5 Å². The lowest BCUT2D eigenvalue weighted by Crippen LogP contribution is -2.68. The van der Waals surface area contributed by atoms with Crippen molar-refractivity contribution in [2.75, 3.05) is 26.4 Å². The number of hydrogen-bond donors (Lipinski definition) is 10. The van der Waals surface area contributed by atoms with Crippen LogP contribution in [0.5, 0.6) is 0 Å². The van der Waals surface area contributed by atoms with Crippen molar-refractivity contribution in [1.82, 2.24) is 5.32 Å². The van der Waals surface area contributed by atoms with Crippen molar-refractivity contribution in [3.63, 3.8) is 0 Å². The second-order valence-electron chi connectivity index (χ2n) is 5.32. The summed E-state index contributed by atoms with van der Waals surface area (Å²) in [5, 5.41) is 76.0. The first-order chi connectivity index (χ1) is 10.7. The van der Waals surface area contributed by atoms with E-state index in [4.69, 9.17) is 20.4 Å². The Hall–Kier alpha value is -0.890. The molecule has 0 saturated heterocycles. The lowest BCUT2D eigenvalue weighted by molar-refractivity contribution is -0.207. The van der Waals surface area contributed by atoms with E-state index >= 15 is 0 Å². The summed E-state index contributed by atoms with van der Waals surface area (Å²) >= 11 is 0. The van der Waals surface area contributed by atoms with Gasteiger partial charge in [-0.05, 0) is 6.42 Å². The number of nitrogens with one attached hydrogen (secondary N) is 1. The first-order valence-electron chi connectivity index (χ1n) is 6.93. The number of rotatable bonds is 6. The molecule has 23 heavy (non-hydrogen) atoms. The molecular formula is C12H26N2O9. The zero-order valence-corrected chi connectivity index (χ0v) is 12.5. The van der Waals surface area contributed by atoms with Gasteiger partial charge in [0.1, 0.15) is 17.8 Å². The number of hydrogen-bond acceptors (Lipinski definition) is 10. The van der Waals surface area contributed by atoms with Crippen molar-refractivity contribution in [3.8, 4) is 0 Å². The van der Waals surface area contributed by atoms with Gasteiger partial charge in [0.2, 0.25) is 0 Å². The van der Waals surface area contributed by atoms with Crippen LogP contribution in [0, 0.1) is 0 Å². The van der Waals surface area contributed by atoms with Gasteiger partial charge < -0.3 is 51.9 Å². The quantitative estimate of drug-likeness (QED) is 0.219. The third-order valence-electron chi connectivity index (χ3n) is 3.55. The summed E-state index contributed by atoms with van der Waals surface area (Å²) in [6.45, 7) is -1.84. The van der Waals surface area contributed by atoms with Crippen molar-refractivity contribution in [2.24, 2.45) is 5.73 Å². The maximum absolute atomic E-state index is 9.93. The Morgan fingerprint density at radius 3 is 2.00 bits per heavy atom. The first-order valence-corrected chi connectivity index (χ1v) is 6.93. The average Bonchev–Trinajstić information content (AvgIpc) is 2.55. The summed E-state index contributed by atoms with van der Waals surface area (Å²) in [7, 11) is 0. The molecule has 11 N–H and O–H groups in total. The number of carboxylic acids is 1. The second-order valence-corrected chi connectivity index (χ2v) is 5.32. The molecule has 1 fully saturated rings. The molecule has 0 aromatic heterocycles. The van der Waals surface area contributed by atoms with E-state index < -0.39 is 61.8 Å². The Balaban J connectivity index is 0.000000841. The monoisotopic (exact) mass is 342 g/mol. The lowest BCUT2D eigenvalue weighted by atomic mass is 9.76. The smallest absolute Gasteiger partial charge is 0.317 e. The van der Waals surface area contributed by atoms with E-state index in [2.05, 4.69) is 11.1 Å². The van der Waals surface area contributed by atoms with E-state index in [1.54, 1.807) is 0 Å². The van der Waals surface area contributed by atoms with Gasteiger partial charge in [0.25, 0.3) is 0 Å². The molecule has 1 aliphatic carbocycles. The van der Waals surface area contributed by atoms with E-state index in [1.807, 2.05) is 0 Å². The van der Waals surface area contributed by atoms with E-state index in [0.29, 0.717) is 0 Å². The predicted octanol–water partition coefficient (Wildman–Crippen LogP) is -5.46. The molecule has 0 spiro atoms. The number of carbonyl (C=O) groups is 1. The minimum Gasteiger partial charge on any atom is -0.480 e. The fourth-order valence-electron chi connectivity index (χ4n) is 2.15. The number of carboxylic acid groups (broad SMARTS) is 1. The Kier molecular flexibility index (Phi) is 9.68. The van der Waals surface area contributed by atoms with Crippen molar-refractivity contribution in [1.29, 1.82) is 0 Å². The van der Waals surface area contributed by atoms with Crippen LogP contribution in [0.15, 0.2) is 0 Å². The largest absolute Gasteiger partial charge is 0.480 e. The van der Waals surface area contributed by atoms with Gasteiger partial charge in [-0.1, -0.05) is 0 Å². The van der Waals surface area contributed by atoms with Crippen LogP contribution in [-0.4, -0.2) is 109 Å². The number of nitrogens with two attached hydrogens (primary N) is 1. The topological polar surface area (TPSA) is 217 Å². The van der Waals surface area contributed by atoms with Gasteiger partial charge in [-0.2, -0.15) is 0 Å². The number of aliphatic carboxylic acids is 1. The highest BCUT2D eigenvalue weighted by Crippen LogP contribution is 2.29. The Bertz CT molecular complexity index is 355. The van der Waals surface area contributed by atoms with Crippen molar-refractivity contribution >= 4 is 5.97 Å². The summed E-state index contributed by atoms with van der Waals surface area (Å²) in [6, 6.07) is -1.60. The molecule has 0 unspecified atom stereocenters. The predicted molar refractivity (Wildman–Crippen MR) is 76.2 cm³/mol. The van der Waals surface area contributed by atoms with Gasteiger partial charge in [-0.15, -0.1) is 0 Å². The molecule has 0 aromatic carbocycles. The molecule has 0 bridgehead atoms. The van der Waals surface area contributed by atoms with Crippen LogP contribution in [0.25, 0.3) is 0 Å². The summed E-state index contributed by atoms with van der Waals surface area (Å²) in [6.07, 6.45) is -4.91. The van der Waals surface area contributed by atoms with Gasteiger partial charge in [-0.3, -0.25) is 4.79 Å². The molecule has 11 nitrogen and oxygen atoms in total. The number of aliphatic hydroxyl groups excluding tert-OH is 6. The Labute approximate surface area is 132 Å². The highest BCUT2D eigenvalue weighted by atomic mass is 16.4. The highest BCUT2D eigenvalue weighted by molar-refractivity contribution is 5.68. The van der Waals surface area contributed by atoms with Crippen molar-refractivity contribution in [2.45, 2.75) is 42.4 Å². The maximum atomic E-state index is 9.93. The third-order valence-corrected chi connectivity index (χ3v) is 3.55. The van der Waals surface area contributed by atoms with Crippen LogP contribution in [-0.2, 0) is 4.79 Å². The molecule has 1 aliphatic rings. The highest BCUT2D eigenvalue weighted by Gasteiger charge is 2.51. The van der Waals surface area contributed by atoms with Crippen LogP contribution in [0.2, 0.25) is 0 Å². The zero-order valence-electron chi connectivity index (χ0n) is 12.5. The molecule has 0 aromatic rings. The molecule has 138 valence electrons. The minimum atomic E-state index is -1.94. The second kappa shape index (κ2) is 10.1. The Morgan fingerprint density at radius 1 is 1.17 bits per heavy atom. The molecular weight excluding hydrogens is 316 g/mol. The van der Waals surface area contributed by atoms with Crippen molar-refractivity contribution in [3.05, 3.63) is 0 Å². The minimum absolute atomic E-state index is 0.223. The van der Waals surface area contributed by atoms with E-state index in [1.165, 1.54) is 0 Å². The van der Waals surface area contributed by atoms with E-state index in [-0.39, 0.29) is 13.0 Å². The fraction of sp³-hybridized carbons (Fsp3) is 0.917. The van der Waals surface area contributed by atoms with Crippen molar-refractivity contribution < 1.29 is 45.6 Å². The van der Waals surface area contributed by atoms with Gasteiger partial charge >= 0.3 is 5.97 Å². The lowest BCUT2D eigenvalue weighted by Gasteiger charge is -2.46. The van der Waals surface area contributed by atoms with Crippen LogP contribution in [0.4, 0.5) is 0 Å². The molecule has 1 rings (SSSR count). The fourth-order valence-corrected chi connectivity index (χ4v) is 2.15. The van der Waals surface area contributed by atoms with Gasteiger partial charge in [0.15, 0.2) is 0 Å². The molecule has 0 aliphatic heterocycles. The third kappa shape index (κ3) is 6.25. The molecule has 0 radical (unpaired) electrons. The Morgan fingerprint density at radius 2 is 1.65 bits per heavy atom. The van der Waals surface area contributed by atoms with Gasteiger partial charge in [0, 0.05) is 6.04 Å². The summed E-state index contributed by atoms with van der Waals surface area (Å²) in [4.78, 5) is 9.24. The average molecular weight is 342 g/mol. The zero-order chi connectivity index (χ0) is 18.2. The van der Waals surface area contributed by atoms with E-state index in [9.17, 15) is 25.2 Å².